The second kappa shape index (κ2) is 5.70. The van der Waals surface area contributed by atoms with E-state index in [0.717, 1.165) is 12.0 Å². The maximum Gasteiger partial charge on any atom is 0.323 e. The first-order valence-corrected chi connectivity index (χ1v) is 6.90. The monoisotopic (exact) mass is 291 g/mol. The Morgan fingerprint density at radius 3 is 2.41 bits per heavy atom. The minimum atomic E-state index is -0.393. The molecule has 2 N–H and O–H groups in total. The lowest BCUT2D eigenvalue weighted by Gasteiger charge is -2.09. The third kappa shape index (κ3) is 2.81. The summed E-state index contributed by atoms with van der Waals surface area (Å²) < 4.78 is 0. The maximum absolute atomic E-state index is 11.9. The number of fused-ring (bicyclic) bond motifs is 1. The van der Waals surface area contributed by atoms with E-state index in [9.17, 15) is 9.59 Å². The van der Waals surface area contributed by atoms with Crippen LogP contribution >= 0.6 is 0 Å². The summed E-state index contributed by atoms with van der Waals surface area (Å²) in [5.74, 6) is 0.117. The predicted molar refractivity (Wildman–Crippen MR) is 82.9 cm³/mol. The number of carbonyl (C=O) groups is 2. The highest BCUT2D eigenvalue weighted by atomic mass is 16.2. The molecule has 2 aromatic carbocycles. The van der Waals surface area contributed by atoms with Crippen LogP contribution in [0.4, 0.5) is 16.2 Å². The molecule has 0 aromatic heterocycles. The molecule has 1 aliphatic carbocycles. The van der Waals surface area contributed by atoms with Crippen molar-refractivity contribution in [2.45, 2.75) is 12.8 Å². The van der Waals surface area contributed by atoms with Crippen LogP contribution in [0.3, 0.4) is 0 Å². The number of Topliss-reactive ketones (excluding diaryl/α,β-unsaturated/α-hetero) is 1. The van der Waals surface area contributed by atoms with E-state index in [1.54, 1.807) is 36.4 Å². The predicted octanol–water partition coefficient (Wildman–Crippen LogP) is 3.33. The number of nitriles is 1. The number of carbonyl (C=O) groups excluding carboxylic acids is 2. The Hall–Kier alpha value is -3.13. The number of aryl methyl sites for hydroxylation is 1. The molecule has 0 heterocycles. The fourth-order valence-electron chi connectivity index (χ4n) is 2.44. The number of nitrogens with zero attached hydrogens (tertiary/aromatic N) is 1. The van der Waals surface area contributed by atoms with Gasteiger partial charge >= 0.3 is 6.03 Å². The number of urea groups is 1. The van der Waals surface area contributed by atoms with Gasteiger partial charge in [-0.25, -0.2) is 4.79 Å². The molecule has 0 atom stereocenters. The number of ketones is 1. The minimum Gasteiger partial charge on any atom is -0.308 e. The van der Waals surface area contributed by atoms with E-state index >= 15 is 0 Å². The molecule has 0 saturated carbocycles. The van der Waals surface area contributed by atoms with Crippen molar-refractivity contribution >= 4 is 23.2 Å². The van der Waals surface area contributed by atoms with Crippen molar-refractivity contribution in [3.63, 3.8) is 0 Å². The molecule has 2 amide bonds. The Bertz CT molecular complexity index is 789. The molecule has 0 saturated heterocycles. The van der Waals surface area contributed by atoms with Gasteiger partial charge in [0.1, 0.15) is 0 Å². The molecule has 0 fully saturated rings. The third-order valence-electron chi connectivity index (χ3n) is 3.56. The lowest BCUT2D eigenvalue weighted by atomic mass is 10.1. The number of hydrogen-bond donors (Lipinski definition) is 2. The first kappa shape index (κ1) is 13.8. The smallest absolute Gasteiger partial charge is 0.308 e. The van der Waals surface area contributed by atoms with Crippen LogP contribution < -0.4 is 10.6 Å². The zero-order chi connectivity index (χ0) is 15.5. The second-order valence-corrected chi connectivity index (χ2v) is 5.06. The van der Waals surface area contributed by atoms with E-state index in [0.29, 0.717) is 28.9 Å². The van der Waals surface area contributed by atoms with Gasteiger partial charge in [0.05, 0.1) is 11.6 Å². The minimum absolute atomic E-state index is 0.117. The number of hydrogen-bond acceptors (Lipinski definition) is 3. The molecule has 0 spiro atoms. The molecule has 5 nitrogen and oxygen atoms in total. The Morgan fingerprint density at radius 1 is 1.00 bits per heavy atom. The largest absolute Gasteiger partial charge is 0.323 e. The van der Waals surface area contributed by atoms with E-state index in [2.05, 4.69) is 10.6 Å². The van der Waals surface area contributed by atoms with Crippen LogP contribution in [0.2, 0.25) is 0 Å². The number of anilines is 2. The van der Waals surface area contributed by atoms with E-state index in [4.69, 9.17) is 5.26 Å². The average molecular weight is 291 g/mol. The lowest BCUT2D eigenvalue weighted by molar-refractivity contribution is 0.0994. The van der Waals surface area contributed by atoms with Gasteiger partial charge in [0.15, 0.2) is 5.78 Å². The van der Waals surface area contributed by atoms with Crippen molar-refractivity contribution in [2.24, 2.45) is 0 Å². The number of benzene rings is 2. The van der Waals surface area contributed by atoms with Gasteiger partial charge in [-0.05, 0) is 48.4 Å². The quantitative estimate of drug-likeness (QED) is 0.890. The van der Waals surface area contributed by atoms with Crippen molar-refractivity contribution in [3.05, 3.63) is 59.2 Å². The fourth-order valence-corrected chi connectivity index (χ4v) is 2.44. The van der Waals surface area contributed by atoms with Crippen LogP contribution in [0.25, 0.3) is 0 Å². The second-order valence-electron chi connectivity index (χ2n) is 5.06. The summed E-state index contributed by atoms with van der Waals surface area (Å²) >= 11 is 0. The molecule has 2 aromatic rings. The van der Waals surface area contributed by atoms with Crippen molar-refractivity contribution < 1.29 is 9.59 Å². The summed E-state index contributed by atoms with van der Waals surface area (Å²) in [6.07, 6.45) is 1.31. The fraction of sp³-hybridized carbons (Fsp3) is 0.118. The molecule has 5 heteroatoms. The van der Waals surface area contributed by atoms with Gasteiger partial charge in [0.25, 0.3) is 0 Å². The van der Waals surface area contributed by atoms with Crippen LogP contribution in [0.1, 0.15) is 27.9 Å². The first-order valence-electron chi connectivity index (χ1n) is 6.90. The van der Waals surface area contributed by atoms with Crippen LogP contribution in [0.5, 0.6) is 0 Å². The lowest BCUT2D eigenvalue weighted by Crippen LogP contribution is -2.19. The van der Waals surface area contributed by atoms with Crippen LogP contribution in [-0.4, -0.2) is 11.8 Å². The van der Waals surface area contributed by atoms with Gasteiger partial charge in [-0.3, -0.25) is 4.79 Å². The molecule has 22 heavy (non-hydrogen) atoms. The van der Waals surface area contributed by atoms with Crippen molar-refractivity contribution in [1.29, 1.82) is 5.26 Å². The molecular weight excluding hydrogens is 278 g/mol. The molecule has 1 aliphatic rings. The summed E-state index contributed by atoms with van der Waals surface area (Å²) in [6, 6.07) is 13.6. The summed E-state index contributed by atoms with van der Waals surface area (Å²) in [5.41, 5.74) is 3.43. The first-order chi connectivity index (χ1) is 10.7. The standard InChI is InChI=1S/C17H13N3O2/c18-10-11-1-5-13(6-2-11)19-17(22)20-14-7-3-12-4-8-16(21)15(12)9-14/h1-3,5-7,9H,4,8H2,(H2,19,20,22). The summed E-state index contributed by atoms with van der Waals surface area (Å²) in [5, 5.41) is 14.1. The maximum atomic E-state index is 11.9. The molecular formula is C17H13N3O2. The highest BCUT2D eigenvalue weighted by Gasteiger charge is 2.19. The highest BCUT2D eigenvalue weighted by molar-refractivity contribution is 6.03. The number of amides is 2. The molecule has 108 valence electrons. The normalized spacial score (nSPS) is 12.4. The zero-order valence-electron chi connectivity index (χ0n) is 11.7. The number of rotatable bonds is 2. The van der Waals surface area contributed by atoms with Crippen LogP contribution in [0.15, 0.2) is 42.5 Å². The van der Waals surface area contributed by atoms with Gasteiger partial charge in [-0.2, -0.15) is 5.26 Å². The molecule has 0 radical (unpaired) electrons. The van der Waals surface area contributed by atoms with Crippen molar-refractivity contribution in [2.75, 3.05) is 10.6 Å². The van der Waals surface area contributed by atoms with Gasteiger partial charge < -0.3 is 10.6 Å². The van der Waals surface area contributed by atoms with Crippen LogP contribution in [0, 0.1) is 11.3 Å². The average Bonchev–Trinajstić information content (AvgIpc) is 2.89. The van der Waals surface area contributed by atoms with Crippen molar-refractivity contribution in [1.82, 2.24) is 0 Å². The van der Waals surface area contributed by atoms with Gasteiger partial charge in [0, 0.05) is 23.4 Å². The molecule has 3 rings (SSSR count). The van der Waals surface area contributed by atoms with E-state index < -0.39 is 6.03 Å². The summed E-state index contributed by atoms with van der Waals surface area (Å²) in [6.45, 7) is 0. The summed E-state index contributed by atoms with van der Waals surface area (Å²) in [7, 11) is 0. The van der Waals surface area contributed by atoms with E-state index in [1.807, 2.05) is 12.1 Å². The van der Waals surface area contributed by atoms with Crippen molar-refractivity contribution in [3.8, 4) is 6.07 Å². The Morgan fingerprint density at radius 2 is 1.68 bits per heavy atom. The topological polar surface area (TPSA) is 82.0 Å². The molecule has 0 unspecified atom stereocenters. The Labute approximate surface area is 127 Å². The Balaban J connectivity index is 1.68. The van der Waals surface area contributed by atoms with Gasteiger partial charge in [-0.1, -0.05) is 6.07 Å². The highest BCUT2D eigenvalue weighted by Crippen LogP contribution is 2.25. The van der Waals surface area contributed by atoms with Gasteiger partial charge in [-0.15, -0.1) is 0 Å². The number of nitrogens with one attached hydrogen (secondary N) is 2. The molecule has 0 bridgehead atoms. The Kier molecular flexibility index (Phi) is 3.58. The van der Waals surface area contributed by atoms with E-state index in [-0.39, 0.29) is 5.78 Å². The van der Waals surface area contributed by atoms with Gasteiger partial charge in [0.2, 0.25) is 0 Å². The summed E-state index contributed by atoms with van der Waals surface area (Å²) in [4.78, 5) is 23.6. The third-order valence-corrected chi connectivity index (χ3v) is 3.56. The van der Waals surface area contributed by atoms with Crippen LogP contribution in [-0.2, 0) is 6.42 Å². The van der Waals surface area contributed by atoms with E-state index in [1.165, 1.54) is 0 Å². The zero-order valence-corrected chi connectivity index (χ0v) is 11.7. The molecule has 0 aliphatic heterocycles. The SMILES string of the molecule is N#Cc1ccc(NC(=O)Nc2ccc3c(c2)C(=O)CC3)cc1.